The summed E-state index contributed by atoms with van der Waals surface area (Å²) in [6.45, 7) is 6.05. The van der Waals surface area contributed by atoms with E-state index in [4.69, 9.17) is 0 Å². The highest BCUT2D eigenvalue weighted by Gasteiger charge is 2.43. The minimum atomic E-state index is -0.497. The van der Waals surface area contributed by atoms with E-state index in [0.717, 1.165) is 31.7 Å². The van der Waals surface area contributed by atoms with Crippen LogP contribution in [0.1, 0.15) is 29.0 Å². The summed E-state index contributed by atoms with van der Waals surface area (Å²) in [5.41, 5.74) is 1.93. The van der Waals surface area contributed by atoms with Gasteiger partial charge >= 0.3 is 0 Å². The van der Waals surface area contributed by atoms with Crippen LogP contribution in [0.4, 0.5) is 15.9 Å². The van der Waals surface area contributed by atoms with Crippen LogP contribution in [0.2, 0.25) is 0 Å². The number of hydrogen-bond acceptors (Lipinski definition) is 6. The van der Waals surface area contributed by atoms with Gasteiger partial charge in [-0.05, 0) is 32.2 Å². The van der Waals surface area contributed by atoms with Gasteiger partial charge in [0, 0.05) is 44.6 Å². The topological polar surface area (TPSA) is 78.7 Å². The van der Waals surface area contributed by atoms with E-state index in [9.17, 15) is 9.18 Å². The minimum Gasteiger partial charge on any atom is -0.355 e. The third-order valence-corrected chi connectivity index (χ3v) is 6.11. The van der Waals surface area contributed by atoms with E-state index in [1.165, 1.54) is 25.4 Å². The number of rotatable bonds is 3. The number of aryl methyl sites for hydroxylation is 1. The Hall–Kier alpha value is -3.07. The molecular weight excluding hydrogens is 385 g/mol. The number of halogens is 1. The maximum absolute atomic E-state index is 14.2. The van der Waals surface area contributed by atoms with Crippen molar-refractivity contribution in [3.63, 3.8) is 0 Å². The molecule has 0 bridgehead atoms. The molecule has 1 N–H and O–H groups in total. The molecule has 1 amide bonds. The second kappa shape index (κ2) is 7.02. The van der Waals surface area contributed by atoms with E-state index >= 15 is 0 Å². The second-order valence-corrected chi connectivity index (χ2v) is 8.56. The Kier molecular flexibility index (Phi) is 4.43. The van der Waals surface area contributed by atoms with Crippen LogP contribution in [-0.4, -0.2) is 63.4 Å². The van der Waals surface area contributed by atoms with Crippen molar-refractivity contribution in [1.29, 1.82) is 0 Å². The average molecular weight is 409 g/mol. The van der Waals surface area contributed by atoms with Crippen LogP contribution < -0.4 is 10.2 Å². The first kappa shape index (κ1) is 18.9. The van der Waals surface area contributed by atoms with E-state index < -0.39 is 11.7 Å². The number of carbonyl (C=O) groups is 1. The van der Waals surface area contributed by atoms with Crippen LogP contribution in [0.25, 0.3) is 5.65 Å². The Labute approximate surface area is 173 Å². The van der Waals surface area contributed by atoms with Crippen LogP contribution in [0.5, 0.6) is 0 Å². The summed E-state index contributed by atoms with van der Waals surface area (Å²) in [6.07, 6.45) is 8.75. The smallest absolute Gasteiger partial charge is 0.275 e. The number of imidazole rings is 1. The number of nitrogens with zero attached hydrogens (tertiary/aromatic N) is 6. The quantitative estimate of drug-likeness (QED) is 0.716. The summed E-state index contributed by atoms with van der Waals surface area (Å²) < 4.78 is 15.8. The van der Waals surface area contributed by atoms with Gasteiger partial charge in [0.1, 0.15) is 11.5 Å². The lowest BCUT2D eigenvalue weighted by molar-refractivity contribution is 0.00121. The molecule has 1 spiro atoms. The molecule has 5 heterocycles. The summed E-state index contributed by atoms with van der Waals surface area (Å²) >= 11 is 0. The number of anilines is 2. The molecule has 5 rings (SSSR count). The predicted molar refractivity (Wildman–Crippen MR) is 111 cm³/mol. The van der Waals surface area contributed by atoms with Crippen molar-refractivity contribution >= 4 is 23.1 Å². The number of amides is 1. The van der Waals surface area contributed by atoms with Gasteiger partial charge in [0.25, 0.3) is 5.91 Å². The number of nitrogens with one attached hydrogen (secondary N) is 1. The minimum absolute atomic E-state index is 0.190. The normalized spacial score (nSPS) is 18.6. The number of aromatic nitrogens is 4. The van der Waals surface area contributed by atoms with E-state index in [1.54, 1.807) is 29.9 Å². The van der Waals surface area contributed by atoms with Crippen molar-refractivity contribution in [3.8, 4) is 0 Å². The van der Waals surface area contributed by atoms with Gasteiger partial charge in [-0.15, -0.1) is 0 Å². The first-order valence-electron chi connectivity index (χ1n) is 10.1. The number of fused-ring (bicyclic) bond motifs is 1. The lowest BCUT2D eigenvalue weighted by Gasteiger charge is -2.53. The van der Waals surface area contributed by atoms with Crippen LogP contribution in [0, 0.1) is 18.2 Å². The average Bonchev–Trinajstić information content (AvgIpc) is 3.08. The van der Waals surface area contributed by atoms with Gasteiger partial charge in [-0.25, -0.2) is 19.3 Å². The SMILES string of the molecule is Cc1cn2cc(NC(=O)c3cnc(N4CCC5(CC4)CN(C)C5)cn3)cc(F)c2n1. The highest BCUT2D eigenvalue weighted by molar-refractivity contribution is 6.02. The molecule has 0 aromatic carbocycles. The molecule has 156 valence electrons. The largest absolute Gasteiger partial charge is 0.355 e. The molecule has 2 saturated heterocycles. The molecule has 2 fully saturated rings. The number of likely N-dealkylation sites (tertiary alicyclic amines) is 1. The second-order valence-electron chi connectivity index (χ2n) is 8.56. The molecule has 0 unspecified atom stereocenters. The molecule has 0 saturated carbocycles. The number of hydrogen-bond donors (Lipinski definition) is 1. The Bertz CT molecular complexity index is 1090. The third-order valence-electron chi connectivity index (χ3n) is 6.11. The molecule has 2 aliphatic heterocycles. The van der Waals surface area contributed by atoms with Crippen molar-refractivity contribution in [1.82, 2.24) is 24.3 Å². The Morgan fingerprint density at radius 2 is 1.93 bits per heavy atom. The molecule has 30 heavy (non-hydrogen) atoms. The first-order chi connectivity index (χ1) is 14.4. The fourth-order valence-corrected chi connectivity index (χ4v) is 4.67. The summed E-state index contributed by atoms with van der Waals surface area (Å²) in [6, 6.07) is 1.25. The third kappa shape index (κ3) is 3.39. The van der Waals surface area contributed by atoms with Crippen molar-refractivity contribution in [2.24, 2.45) is 5.41 Å². The lowest BCUT2D eigenvalue weighted by atomic mass is 9.72. The summed E-state index contributed by atoms with van der Waals surface area (Å²) in [4.78, 5) is 30.0. The molecule has 0 aliphatic carbocycles. The Morgan fingerprint density at radius 1 is 1.17 bits per heavy atom. The Morgan fingerprint density at radius 3 is 2.60 bits per heavy atom. The maximum Gasteiger partial charge on any atom is 0.275 e. The van der Waals surface area contributed by atoms with Crippen LogP contribution in [0.3, 0.4) is 0 Å². The van der Waals surface area contributed by atoms with Crippen molar-refractivity contribution in [2.45, 2.75) is 19.8 Å². The lowest BCUT2D eigenvalue weighted by Crippen LogP contribution is -2.58. The number of carbonyl (C=O) groups excluding carboxylic acids is 1. The van der Waals surface area contributed by atoms with Crippen LogP contribution >= 0.6 is 0 Å². The maximum atomic E-state index is 14.2. The fraction of sp³-hybridized carbons (Fsp3) is 0.429. The zero-order chi connectivity index (χ0) is 20.9. The van der Waals surface area contributed by atoms with Gasteiger partial charge in [-0.1, -0.05) is 0 Å². The monoisotopic (exact) mass is 409 g/mol. The fourth-order valence-electron chi connectivity index (χ4n) is 4.67. The molecule has 8 nitrogen and oxygen atoms in total. The Balaban J connectivity index is 1.25. The molecule has 3 aromatic heterocycles. The number of piperidine rings is 1. The molecule has 3 aromatic rings. The molecule has 2 aliphatic rings. The predicted octanol–water partition coefficient (Wildman–Crippen LogP) is 2.36. The van der Waals surface area contributed by atoms with E-state index in [1.807, 2.05) is 0 Å². The summed E-state index contributed by atoms with van der Waals surface area (Å²) in [5.74, 6) is -0.141. The number of pyridine rings is 1. The van der Waals surface area contributed by atoms with Crippen molar-refractivity contribution in [2.75, 3.05) is 43.4 Å². The molecule has 9 heteroatoms. The van der Waals surface area contributed by atoms with Gasteiger partial charge in [-0.3, -0.25) is 4.79 Å². The van der Waals surface area contributed by atoms with Crippen molar-refractivity contribution < 1.29 is 9.18 Å². The standard InChI is InChI=1S/C21H24FN7O/c1-14-10-29-11-15(7-16(22)19(29)25-14)26-20(30)17-8-24-18(9-23-17)28-5-3-21(4-6-28)12-27(2)13-21/h7-11H,3-6,12-13H2,1-2H3,(H,26,30). The van der Waals surface area contributed by atoms with Gasteiger partial charge in [0.15, 0.2) is 11.5 Å². The summed E-state index contributed by atoms with van der Waals surface area (Å²) in [7, 11) is 2.16. The van der Waals surface area contributed by atoms with Gasteiger partial charge < -0.3 is 19.5 Å². The highest BCUT2D eigenvalue weighted by atomic mass is 19.1. The molecule has 0 radical (unpaired) electrons. The zero-order valence-electron chi connectivity index (χ0n) is 17.1. The van der Waals surface area contributed by atoms with E-state index in [0.29, 0.717) is 16.8 Å². The van der Waals surface area contributed by atoms with Crippen LogP contribution in [-0.2, 0) is 0 Å². The first-order valence-corrected chi connectivity index (χ1v) is 10.1. The van der Waals surface area contributed by atoms with Crippen molar-refractivity contribution in [3.05, 3.63) is 48.1 Å². The van der Waals surface area contributed by atoms with Gasteiger partial charge in [0.2, 0.25) is 0 Å². The van der Waals surface area contributed by atoms with Crippen LogP contribution in [0.15, 0.2) is 30.9 Å². The summed E-state index contributed by atoms with van der Waals surface area (Å²) in [5, 5.41) is 2.68. The van der Waals surface area contributed by atoms with Gasteiger partial charge in [-0.2, -0.15) is 0 Å². The van der Waals surface area contributed by atoms with Gasteiger partial charge in [0.05, 0.1) is 23.8 Å². The zero-order valence-corrected chi connectivity index (χ0v) is 17.1. The highest BCUT2D eigenvalue weighted by Crippen LogP contribution is 2.40. The van der Waals surface area contributed by atoms with E-state index in [2.05, 4.69) is 37.1 Å². The van der Waals surface area contributed by atoms with E-state index in [-0.39, 0.29) is 11.3 Å². The molecule has 0 atom stereocenters. The molecular formula is C21H24FN7O.